The fourth-order valence-electron chi connectivity index (χ4n) is 2.10. The molecule has 1 heterocycles. The Bertz CT molecular complexity index is 503. The number of aryl methyl sites for hydroxylation is 1. The van der Waals surface area contributed by atoms with Crippen LogP contribution in [0, 0.1) is 12.8 Å². The van der Waals surface area contributed by atoms with Crippen LogP contribution in [-0.2, 0) is 0 Å². The molecule has 1 aliphatic carbocycles. The monoisotopic (exact) mass is 279 g/mol. The van der Waals surface area contributed by atoms with Gasteiger partial charge in [-0.3, -0.25) is 0 Å². The largest absolute Gasteiger partial charge is 0.459 e. The Morgan fingerprint density at radius 3 is 2.81 bits per heavy atom. The summed E-state index contributed by atoms with van der Waals surface area (Å²) in [6, 6.07) is 6.26. The number of hydrogen-bond donors (Lipinski definition) is 1. The Morgan fingerprint density at radius 2 is 2.19 bits per heavy atom. The van der Waals surface area contributed by atoms with Gasteiger partial charge in [0.2, 0.25) is 0 Å². The lowest BCUT2D eigenvalue weighted by molar-refractivity contribution is 0.466. The molecule has 3 heteroatoms. The van der Waals surface area contributed by atoms with Gasteiger partial charge in [-0.1, -0.05) is 22.0 Å². The molecule has 1 aromatic carbocycles. The molecule has 1 saturated carbocycles. The first-order chi connectivity index (χ1) is 7.66. The van der Waals surface area contributed by atoms with Gasteiger partial charge in [0.05, 0.1) is 6.04 Å². The van der Waals surface area contributed by atoms with E-state index in [-0.39, 0.29) is 6.04 Å². The van der Waals surface area contributed by atoms with Gasteiger partial charge in [-0.05, 0) is 43.4 Å². The fourth-order valence-corrected chi connectivity index (χ4v) is 2.52. The average molecular weight is 280 g/mol. The van der Waals surface area contributed by atoms with Crippen molar-refractivity contribution in [3.05, 3.63) is 34.0 Å². The molecule has 2 aromatic rings. The Morgan fingerprint density at radius 1 is 1.44 bits per heavy atom. The zero-order valence-electron chi connectivity index (χ0n) is 9.16. The van der Waals surface area contributed by atoms with Crippen molar-refractivity contribution in [3.63, 3.8) is 0 Å². The molecular formula is C13H14BrNO. The summed E-state index contributed by atoms with van der Waals surface area (Å²) < 4.78 is 6.96. The van der Waals surface area contributed by atoms with Crippen molar-refractivity contribution >= 4 is 26.9 Å². The highest BCUT2D eigenvalue weighted by Crippen LogP contribution is 2.41. The fraction of sp³-hybridized carbons (Fsp3) is 0.385. The summed E-state index contributed by atoms with van der Waals surface area (Å²) in [4.78, 5) is 0. The SMILES string of the molecule is Cc1ccc(Br)c2cc(C(N)C3CC3)oc12. The van der Waals surface area contributed by atoms with Crippen LogP contribution in [0.5, 0.6) is 0 Å². The molecule has 1 aliphatic rings. The number of fused-ring (bicyclic) bond motifs is 1. The van der Waals surface area contributed by atoms with E-state index in [1.807, 2.05) is 0 Å². The maximum Gasteiger partial charge on any atom is 0.138 e. The maximum absolute atomic E-state index is 6.16. The van der Waals surface area contributed by atoms with E-state index in [0.29, 0.717) is 5.92 Å². The normalized spacial score (nSPS) is 17.9. The molecule has 1 aromatic heterocycles. The summed E-state index contributed by atoms with van der Waals surface area (Å²) in [5.41, 5.74) is 8.27. The topological polar surface area (TPSA) is 39.2 Å². The Balaban J connectivity index is 2.14. The quantitative estimate of drug-likeness (QED) is 0.905. The molecule has 0 aliphatic heterocycles. The molecule has 0 spiro atoms. The van der Waals surface area contributed by atoms with Crippen molar-refractivity contribution in [2.45, 2.75) is 25.8 Å². The van der Waals surface area contributed by atoms with E-state index in [1.54, 1.807) is 0 Å². The minimum atomic E-state index is 0.0682. The first-order valence-corrected chi connectivity index (χ1v) is 6.40. The maximum atomic E-state index is 6.16. The molecule has 2 N–H and O–H groups in total. The first-order valence-electron chi connectivity index (χ1n) is 5.61. The zero-order chi connectivity index (χ0) is 11.3. The molecule has 0 saturated heterocycles. The van der Waals surface area contributed by atoms with E-state index in [9.17, 15) is 0 Å². The van der Waals surface area contributed by atoms with E-state index >= 15 is 0 Å². The van der Waals surface area contributed by atoms with Crippen LogP contribution >= 0.6 is 15.9 Å². The lowest BCUT2D eigenvalue weighted by atomic mass is 10.1. The summed E-state index contributed by atoms with van der Waals surface area (Å²) in [7, 11) is 0. The van der Waals surface area contributed by atoms with E-state index in [2.05, 4.69) is 41.1 Å². The molecule has 3 rings (SSSR count). The van der Waals surface area contributed by atoms with Crippen molar-refractivity contribution < 1.29 is 4.42 Å². The van der Waals surface area contributed by atoms with Crippen LogP contribution in [0.1, 0.15) is 30.2 Å². The van der Waals surface area contributed by atoms with E-state index in [4.69, 9.17) is 10.2 Å². The van der Waals surface area contributed by atoms with Gasteiger partial charge in [0.1, 0.15) is 11.3 Å². The Hall–Kier alpha value is -0.800. The van der Waals surface area contributed by atoms with Crippen LogP contribution in [0.25, 0.3) is 11.0 Å². The number of benzene rings is 1. The predicted molar refractivity (Wildman–Crippen MR) is 68.3 cm³/mol. The lowest BCUT2D eigenvalue weighted by Crippen LogP contribution is -2.10. The Kier molecular flexibility index (Phi) is 2.33. The van der Waals surface area contributed by atoms with Crippen molar-refractivity contribution in [1.29, 1.82) is 0 Å². The van der Waals surface area contributed by atoms with E-state index in [1.165, 1.54) is 12.8 Å². The zero-order valence-corrected chi connectivity index (χ0v) is 10.8. The average Bonchev–Trinajstić information content (AvgIpc) is 3.01. The van der Waals surface area contributed by atoms with Gasteiger partial charge in [-0.25, -0.2) is 0 Å². The van der Waals surface area contributed by atoms with Gasteiger partial charge in [-0.2, -0.15) is 0 Å². The van der Waals surface area contributed by atoms with E-state index in [0.717, 1.165) is 26.8 Å². The summed E-state index contributed by atoms with van der Waals surface area (Å²) in [6.45, 7) is 2.06. The lowest BCUT2D eigenvalue weighted by Gasteiger charge is -2.04. The van der Waals surface area contributed by atoms with Gasteiger partial charge >= 0.3 is 0 Å². The summed E-state index contributed by atoms with van der Waals surface area (Å²) in [5, 5.41) is 1.13. The second-order valence-electron chi connectivity index (χ2n) is 4.62. The first kappa shape index (κ1) is 10.4. The van der Waals surface area contributed by atoms with Gasteiger partial charge in [0, 0.05) is 9.86 Å². The van der Waals surface area contributed by atoms with Crippen molar-refractivity contribution in [3.8, 4) is 0 Å². The molecule has 0 radical (unpaired) electrons. The minimum Gasteiger partial charge on any atom is -0.459 e. The highest BCUT2D eigenvalue weighted by Gasteiger charge is 2.31. The second-order valence-corrected chi connectivity index (χ2v) is 5.47. The van der Waals surface area contributed by atoms with Crippen LogP contribution in [0.3, 0.4) is 0 Å². The van der Waals surface area contributed by atoms with Gasteiger partial charge in [-0.15, -0.1) is 0 Å². The molecule has 1 atom stereocenters. The van der Waals surface area contributed by atoms with E-state index < -0.39 is 0 Å². The van der Waals surface area contributed by atoms with Crippen molar-refractivity contribution in [2.75, 3.05) is 0 Å². The van der Waals surface area contributed by atoms with Crippen LogP contribution in [-0.4, -0.2) is 0 Å². The third-order valence-corrected chi connectivity index (χ3v) is 4.00. The van der Waals surface area contributed by atoms with Crippen LogP contribution < -0.4 is 5.73 Å². The van der Waals surface area contributed by atoms with Crippen LogP contribution in [0.2, 0.25) is 0 Å². The third kappa shape index (κ3) is 1.59. The molecule has 84 valence electrons. The second kappa shape index (κ2) is 3.60. The van der Waals surface area contributed by atoms with Crippen molar-refractivity contribution in [2.24, 2.45) is 11.7 Å². The molecule has 1 unspecified atom stereocenters. The third-order valence-electron chi connectivity index (χ3n) is 3.30. The molecule has 0 amide bonds. The Labute approximate surface area is 103 Å². The molecule has 2 nitrogen and oxygen atoms in total. The number of furan rings is 1. The number of halogens is 1. The standard InChI is InChI=1S/C13H14BrNO/c1-7-2-5-10(14)9-6-11(16-13(7)9)12(15)8-3-4-8/h2,5-6,8,12H,3-4,15H2,1H3. The highest BCUT2D eigenvalue weighted by atomic mass is 79.9. The summed E-state index contributed by atoms with van der Waals surface area (Å²) in [6.07, 6.45) is 2.47. The molecule has 16 heavy (non-hydrogen) atoms. The smallest absolute Gasteiger partial charge is 0.138 e. The van der Waals surface area contributed by atoms with Gasteiger partial charge in [0.25, 0.3) is 0 Å². The number of hydrogen-bond acceptors (Lipinski definition) is 2. The number of nitrogens with two attached hydrogens (primary N) is 1. The van der Waals surface area contributed by atoms with Crippen molar-refractivity contribution in [1.82, 2.24) is 0 Å². The summed E-state index contributed by atoms with van der Waals surface area (Å²) in [5.74, 6) is 1.55. The number of rotatable bonds is 2. The summed E-state index contributed by atoms with van der Waals surface area (Å²) >= 11 is 3.55. The predicted octanol–water partition coefficient (Wildman–Crippen LogP) is 3.91. The van der Waals surface area contributed by atoms with Crippen LogP contribution in [0.4, 0.5) is 0 Å². The van der Waals surface area contributed by atoms with Gasteiger partial charge < -0.3 is 10.2 Å². The molecule has 0 bridgehead atoms. The minimum absolute atomic E-state index is 0.0682. The molecular weight excluding hydrogens is 266 g/mol. The molecule has 1 fully saturated rings. The van der Waals surface area contributed by atoms with Gasteiger partial charge in [0.15, 0.2) is 0 Å². The van der Waals surface area contributed by atoms with Crippen LogP contribution in [0.15, 0.2) is 27.1 Å². The highest BCUT2D eigenvalue weighted by molar-refractivity contribution is 9.10.